The summed E-state index contributed by atoms with van der Waals surface area (Å²) < 4.78 is 6.26. The average molecular weight is 317 g/mol. The molecule has 3 rings (SSSR count). The minimum absolute atomic E-state index is 0.431. The largest absolute Gasteiger partial charge is 0.468 e. The number of para-hydroxylation sites is 1. The highest BCUT2D eigenvalue weighted by Crippen LogP contribution is 2.24. The summed E-state index contributed by atoms with van der Waals surface area (Å²) in [5.41, 5.74) is 2.36. The van der Waals surface area contributed by atoms with Gasteiger partial charge in [0.2, 0.25) is 0 Å². The van der Waals surface area contributed by atoms with E-state index in [9.17, 15) is 4.79 Å². The number of nitrogens with zero attached hydrogens (tertiary/aromatic N) is 2. The zero-order chi connectivity index (χ0) is 15.8. The summed E-state index contributed by atoms with van der Waals surface area (Å²) in [7, 11) is 0. The monoisotopic (exact) mass is 316 g/mol. The van der Waals surface area contributed by atoms with Gasteiger partial charge in [0.15, 0.2) is 0 Å². The van der Waals surface area contributed by atoms with Gasteiger partial charge in [-0.05, 0) is 36.8 Å². The smallest absolute Gasteiger partial charge is 0.293 e. The first-order chi connectivity index (χ1) is 10.8. The minimum atomic E-state index is 0.431. The molecule has 0 amide bonds. The third-order valence-corrected chi connectivity index (χ3v) is 3.40. The highest BCUT2D eigenvalue weighted by Gasteiger charge is 2.06. The summed E-state index contributed by atoms with van der Waals surface area (Å²) in [4.78, 5) is 13.2. The number of rotatable bonds is 4. The standard InChI is InChI=1S/C14H11ClN2.C3H6O2/c15-14-9-12-3-1-2-4-13(12)17(14)10-11-5-7-16-8-6-11;1-2-5-3-4/h1-9H,10H2;3H,2H2,1H3. The predicted octanol–water partition coefficient (Wildman–Crippen LogP) is 3.92. The van der Waals surface area contributed by atoms with Gasteiger partial charge in [-0.1, -0.05) is 29.8 Å². The van der Waals surface area contributed by atoms with Crippen molar-refractivity contribution >= 4 is 29.0 Å². The summed E-state index contributed by atoms with van der Waals surface area (Å²) in [6.45, 7) is 3.44. The van der Waals surface area contributed by atoms with Crippen LogP contribution in [0, 0.1) is 0 Å². The third-order valence-electron chi connectivity index (χ3n) is 3.08. The van der Waals surface area contributed by atoms with E-state index in [1.807, 2.05) is 30.3 Å². The summed E-state index contributed by atoms with van der Waals surface area (Å²) in [6, 6.07) is 14.2. The number of ether oxygens (including phenoxy) is 1. The van der Waals surface area contributed by atoms with Gasteiger partial charge >= 0.3 is 0 Å². The van der Waals surface area contributed by atoms with Crippen molar-refractivity contribution in [2.75, 3.05) is 6.61 Å². The van der Waals surface area contributed by atoms with Gasteiger partial charge in [-0.15, -0.1) is 0 Å². The highest BCUT2D eigenvalue weighted by atomic mass is 35.5. The van der Waals surface area contributed by atoms with Gasteiger partial charge in [0.05, 0.1) is 6.61 Å². The van der Waals surface area contributed by atoms with E-state index in [0.717, 1.165) is 17.2 Å². The van der Waals surface area contributed by atoms with Crippen LogP contribution in [0.3, 0.4) is 0 Å². The Morgan fingerprint density at radius 1 is 1.23 bits per heavy atom. The maximum atomic E-state index is 9.18. The number of hydrogen-bond acceptors (Lipinski definition) is 3. The Morgan fingerprint density at radius 3 is 2.59 bits per heavy atom. The van der Waals surface area contributed by atoms with E-state index in [1.165, 1.54) is 10.9 Å². The molecule has 22 heavy (non-hydrogen) atoms. The van der Waals surface area contributed by atoms with Gasteiger partial charge < -0.3 is 9.30 Å². The summed E-state index contributed by atoms with van der Waals surface area (Å²) in [5, 5.41) is 1.94. The van der Waals surface area contributed by atoms with Crippen molar-refractivity contribution in [3.05, 3.63) is 65.6 Å². The lowest BCUT2D eigenvalue weighted by Crippen LogP contribution is -1.99. The van der Waals surface area contributed by atoms with Crippen LogP contribution in [0.25, 0.3) is 10.9 Å². The first kappa shape index (κ1) is 16.0. The second-order valence-corrected chi connectivity index (χ2v) is 4.91. The second-order valence-electron chi connectivity index (χ2n) is 4.52. The van der Waals surface area contributed by atoms with E-state index >= 15 is 0 Å². The molecule has 114 valence electrons. The summed E-state index contributed by atoms with van der Waals surface area (Å²) in [6.07, 6.45) is 3.60. The Balaban J connectivity index is 0.000000309. The van der Waals surface area contributed by atoms with Crippen LogP contribution in [0.15, 0.2) is 54.9 Å². The maximum absolute atomic E-state index is 9.18. The topological polar surface area (TPSA) is 44.1 Å². The van der Waals surface area contributed by atoms with E-state index in [-0.39, 0.29) is 0 Å². The molecule has 0 atom stereocenters. The van der Waals surface area contributed by atoms with Crippen LogP contribution >= 0.6 is 11.6 Å². The minimum Gasteiger partial charge on any atom is -0.468 e. The Labute approximate surface area is 134 Å². The number of benzene rings is 1. The third kappa shape index (κ3) is 4.09. The van der Waals surface area contributed by atoms with E-state index < -0.39 is 0 Å². The molecule has 0 radical (unpaired) electrons. The van der Waals surface area contributed by atoms with Crippen molar-refractivity contribution in [1.29, 1.82) is 0 Å². The first-order valence-corrected chi connectivity index (χ1v) is 7.32. The van der Waals surface area contributed by atoms with Crippen LogP contribution in [0.4, 0.5) is 0 Å². The number of carbonyl (C=O) groups is 1. The first-order valence-electron chi connectivity index (χ1n) is 6.94. The number of halogens is 1. The molecule has 0 bridgehead atoms. The molecule has 4 nitrogen and oxygen atoms in total. The molecule has 0 unspecified atom stereocenters. The maximum Gasteiger partial charge on any atom is 0.293 e. The molecule has 5 heteroatoms. The molecule has 2 aromatic heterocycles. The van der Waals surface area contributed by atoms with Gasteiger partial charge in [0.25, 0.3) is 6.47 Å². The second kappa shape index (κ2) is 8.20. The molecule has 0 saturated carbocycles. The van der Waals surface area contributed by atoms with Crippen LogP contribution in [-0.2, 0) is 16.1 Å². The predicted molar refractivity (Wildman–Crippen MR) is 88.0 cm³/mol. The molecule has 3 aromatic rings. The van der Waals surface area contributed by atoms with Crippen molar-refractivity contribution in [2.45, 2.75) is 13.5 Å². The molecule has 1 aromatic carbocycles. The molecule has 2 heterocycles. The Morgan fingerprint density at radius 2 is 1.95 bits per heavy atom. The summed E-state index contributed by atoms with van der Waals surface area (Å²) in [5.74, 6) is 0. The van der Waals surface area contributed by atoms with Crippen molar-refractivity contribution in [3.8, 4) is 0 Å². The quantitative estimate of drug-likeness (QED) is 0.685. The highest BCUT2D eigenvalue weighted by molar-refractivity contribution is 6.31. The van der Waals surface area contributed by atoms with Gasteiger partial charge in [-0.2, -0.15) is 0 Å². The van der Waals surface area contributed by atoms with Crippen molar-refractivity contribution in [1.82, 2.24) is 9.55 Å². The molecule has 0 aliphatic heterocycles. The van der Waals surface area contributed by atoms with Gasteiger partial charge in [-0.3, -0.25) is 9.78 Å². The average Bonchev–Trinajstić information content (AvgIpc) is 2.86. The van der Waals surface area contributed by atoms with Crippen LogP contribution in [0.2, 0.25) is 5.15 Å². The fourth-order valence-corrected chi connectivity index (χ4v) is 2.34. The lowest BCUT2D eigenvalue weighted by atomic mass is 10.2. The Kier molecular flexibility index (Phi) is 5.98. The number of hydrogen-bond donors (Lipinski definition) is 0. The lowest BCUT2D eigenvalue weighted by molar-refractivity contribution is -0.128. The van der Waals surface area contributed by atoms with Crippen LogP contribution in [-0.4, -0.2) is 22.6 Å². The zero-order valence-corrected chi connectivity index (χ0v) is 13.0. The number of pyridine rings is 1. The molecule has 0 aliphatic carbocycles. The van der Waals surface area contributed by atoms with E-state index in [4.69, 9.17) is 11.6 Å². The number of carbonyl (C=O) groups excluding carboxylic acids is 1. The fraction of sp³-hybridized carbons (Fsp3) is 0.176. The van der Waals surface area contributed by atoms with Gasteiger partial charge in [-0.25, -0.2) is 0 Å². The van der Waals surface area contributed by atoms with E-state index in [0.29, 0.717) is 13.1 Å². The Bertz CT molecular complexity index is 726. The molecule has 0 saturated heterocycles. The molecular weight excluding hydrogens is 300 g/mol. The van der Waals surface area contributed by atoms with E-state index in [1.54, 1.807) is 19.3 Å². The molecule has 0 N–H and O–H groups in total. The van der Waals surface area contributed by atoms with Crippen molar-refractivity contribution < 1.29 is 9.53 Å². The van der Waals surface area contributed by atoms with Crippen LogP contribution in [0.1, 0.15) is 12.5 Å². The molecule has 0 aliphatic rings. The lowest BCUT2D eigenvalue weighted by Gasteiger charge is -2.06. The van der Waals surface area contributed by atoms with Gasteiger partial charge in [0.1, 0.15) is 5.15 Å². The van der Waals surface area contributed by atoms with Crippen LogP contribution in [0.5, 0.6) is 0 Å². The number of aromatic nitrogens is 2. The molecule has 0 spiro atoms. The van der Waals surface area contributed by atoms with Gasteiger partial charge in [0, 0.05) is 29.8 Å². The zero-order valence-electron chi connectivity index (χ0n) is 12.3. The van der Waals surface area contributed by atoms with Crippen molar-refractivity contribution in [3.63, 3.8) is 0 Å². The molecular formula is C17H17ClN2O2. The SMILES string of the molecule is CCOC=O.Clc1cc2ccccc2n1Cc1ccncc1. The van der Waals surface area contributed by atoms with Crippen LogP contribution < -0.4 is 0 Å². The van der Waals surface area contributed by atoms with E-state index in [2.05, 4.69) is 26.4 Å². The Hall–Kier alpha value is -2.33. The van der Waals surface area contributed by atoms with Crippen molar-refractivity contribution in [2.24, 2.45) is 0 Å². The molecule has 0 fully saturated rings. The normalized spacial score (nSPS) is 9.91. The number of fused-ring (bicyclic) bond motifs is 1. The summed E-state index contributed by atoms with van der Waals surface area (Å²) >= 11 is 6.26. The fourth-order valence-electron chi connectivity index (χ4n) is 2.08.